The molecule has 3 saturated heterocycles. The number of carboxylic acids is 1. The van der Waals surface area contributed by atoms with Gasteiger partial charge in [-0.15, -0.1) is 18.3 Å². The SMILES string of the molecule is C=CCN(C(=O)C1N(CCCO)C(=O)[C@@H]2[C@H](C(=O)O)[C@H]3SC12CC3Br)c1ccc(Cl)cc1. The number of carboxylic acid groups (broad SMARTS) is 1. The van der Waals surface area contributed by atoms with E-state index >= 15 is 0 Å². The van der Waals surface area contributed by atoms with E-state index in [4.69, 9.17) is 11.6 Å². The van der Waals surface area contributed by atoms with E-state index in [0.29, 0.717) is 23.6 Å². The van der Waals surface area contributed by atoms with E-state index in [-0.39, 0.29) is 41.6 Å². The van der Waals surface area contributed by atoms with Crippen molar-refractivity contribution in [1.29, 1.82) is 0 Å². The van der Waals surface area contributed by atoms with E-state index in [0.717, 1.165) is 0 Å². The number of fused-ring (bicyclic) bond motifs is 1. The molecule has 0 radical (unpaired) electrons. The van der Waals surface area contributed by atoms with E-state index in [1.807, 2.05) is 0 Å². The van der Waals surface area contributed by atoms with Crippen LogP contribution in [-0.2, 0) is 14.4 Å². The first-order chi connectivity index (χ1) is 15.3. The van der Waals surface area contributed by atoms with Gasteiger partial charge in [0.15, 0.2) is 0 Å². The first-order valence-electron chi connectivity index (χ1n) is 10.4. The topological polar surface area (TPSA) is 98.2 Å². The largest absolute Gasteiger partial charge is 0.481 e. The zero-order valence-electron chi connectivity index (χ0n) is 17.2. The fourth-order valence-corrected chi connectivity index (χ4v) is 9.12. The van der Waals surface area contributed by atoms with Crippen molar-refractivity contribution in [2.75, 3.05) is 24.6 Å². The number of aliphatic hydroxyl groups excluding tert-OH is 1. The molecular weight excluding hydrogens is 520 g/mol. The molecule has 2 bridgehead atoms. The second-order valence-electron chi connectivity index (χ2n) is 8.32. The van der Waals surface area contributed by atoms with Gasteiger partial charge in [0.25, 0.3) is 5.91 Å². The number of hydrogen-bond donors (Lipinski definition) is 2. The van der Waals surface area contributed by atoms with Gasteiger partial charge in [0.05, 0.1) is 16.6 Å². The van der Waals surface area contributed by atoms with Crippen molar-refractivity contribution >= 4 is 62.8 Å². The highest BCUT2D eigenvalue weighted by Gasteiger charge is 2.76. The van der Waals surface area contributed by atoms with Gasteiger partial charge >= 0.3 is 5.97 Å². The average Bonchev–Trinajstić information content (AvgIpc) is 3.34. The normalized spacial score (nSPS) is 32.8. The molecular formula is C22H24BrClN2O5S. The third-order valence-corrected chi connectivity index (χ3v) is 10.1. The molecule has 4 rings (SSSR count). The predicted octanol–water partition coefficient (Wildman–Crippen LogP) is 2.79. The summed E-state index contributed by atoms with van der Waals surface area (Å²) in [6, 6.07) is 6.02. The molecule has 7 nitrogen and oxygen atoms in total. The van der Waals surface area contributed by atoms with Crippen molar-refractivity contribution in [1.82, 2.24) is 4.90 Å². The molecule has 3 heterocycles. The number of nitrogens with zero attached hydrogens (tertiary/aromatic N) is 2. The molecule has 2 N–H and O–H groups in total. The molecule has 0 aromatic heterocycles. The lowest BCUT2D eigenvalue weighted by Crippen LogP contribution is -2.55. The van der Waals surface area contributed by atoms with E-state index < -0.39 is 28.6 Å². The number of hydrogen-bond acceptors (Lipinski definition) is 5. The van der Waals surface area contributed by atoms with Gasteiger partial charge in [0.2, 0.25) is 5.91 Å². The van der Waals surface area contributed by atoms with Crippen molar-refractivity contribution in [3.8, 4) is 0 Å². The van der Waals surface area contributed by atoms with Crippen LogP contribution in [0.1, 0.15) is 12.8 Å². The van der Waals surface area contributed by atoms with Crippen molar-refractivity contribution in [2.45, 2.75) is 33.7 Å². The molecule has 3 aliphatic heterocycles. The Bertz CT molecular complexity index is 947. The molecule has 3 aliphatic rings. The van der Waals surface area contributed by atoms with Gasteiger partial charge in [-0.1, -0.05) is 33.6 Å². The summed E-state index contributed by atoms with van der Waals surface area (Å²) in [5, 5.41) is 19.6. The summed E-state index contributed by atoms with van der Waals surface area (Å²) in [4.78, 5) is 42.7. The van der Waals surface area contributed by atoms with E-state index in [9.17, 15) is 24.6 Å². The van der Waals surface area contributed by atoms with Crippen LogP contribution in [0.15, 0.2) is 36.9 Å². The summed E-state index contributed by atoms with van der Waals surface area (Å²) < 4.78 is -0.836. The summed E-state index contributed by atoms with van der Waals surface area (Å²) in [5.41, 5.74) is 0.622. The number of carbonyl (C=O) groups excluding carboxylic acids is 2. The molecule has 3 fully saturated rings. The van der Waals surface area contributed by atoms with Gasteiger partial charge in [-0.2, -0.15) is 0 Å². The monoisotopic (exact) mass is 542 g/mol. The number of carbonyl (C=O) groups is 3. The van der Waals surface area contributed by atoms with Crippen LogP contribution in [0.5, 0.6) is 0 Å². The Hall–Kier alpha value is -1.55. The van der Waals surface area contributed by atoms with Crippen molar-refractivity contribution in [3.05, 3.63) is 41.9 Å². The van der Waals surface area contributed by atoms with Gasteiger partial charge in [-0.05, 0) is 37.1 Å². The molecule has 1 spiro atoms. The number of likely N-dealkylation sites (tertiary alicyclic amines) is 1. The Morgan fingerprint density at radius 3 is 2.66 bits per heavy atom. The fourth-order valence-electron chi connectivity index (χ4n) is 5.39. The number of rotatable bonds is 8. The molecule has 0 saturated carbocycles. The maximum Gasteiger partial charge on any atom is 0.308 e. The van der Waals surface area contributed by atoms with Gasteiger partial charge in [0.1, 0.15) is 6.04 Å². The zero-order valence-corrected chi connectivity index (χ0v) is 20.4. The lowest BCUT2D eigenvalue weighted by atomic mass is 9.71. The smallest absolute Gasteiger partial charge is 0.308 e. The summed E-state index contributed by atoms with van der Waals surface area (Å²) in [7, 11) is 0. The van der Waals surface area contributed by atoms with E-state index in [1.165, 1.54) is 16.7 Å². The maximum absolute atomic E-state index is 14.1. The van der Waals surface area contributed by atoms with Crippen molar-refractivity contribution in [3.63, 3.8) is 0 Å². The Balaban J connectivity index is 1.79. The van der Waals surface area contributed by atoms with Gasteiger partial charge in [-0.25, -0.2) is 0 Å². The molecule has 1 aromatic rings. The highest BCUT2D eigenvalue weighted by molar-refractivity contribution is 9.09. The second-order valence-corrected chi connectivity index (χ2v) is 11.5. The van der Waals surface area contributed by atoms with Crippen LogP contribution >= 0.6 is 39.3 Å². The number of halogens is 2. The van der Waals surface area contributed by atoms with Crippen LogP contribution in [0, 0.1) is 11.8 Å². The molecule has 10 heteroatoms. The van der Waals surface area contributed by atoms with E-state index in [1.54, 1.807) is 35.2 Å². The minimum Gasteiger partial charge on any atom is -0.481 e. The molecule has 32 heavy (non-hydrogen) atoms. The predicted molar refractivity (Wildman–Crippen MR) is 127 cm³/mol. The zero-order chi connectivity index (χ0) is 23.2. The first-order valence-corrected chi connectivity index (χ1v) is 12.6. The summed E-state index contributed by atoms with van der Waals surface area (Å²) in [6.45, 7) is 4.06. The first kappa shape index (κ1) is 23.6. The van der Waals surface area contributed by atoms with Crippen LogP contribution in [0.2, 0.25) is 5.02 Å². The van der Waals surface area contributed by atoms with Gasteiger partial charge in [0, 0.05) is 40.5 Å². The molecule has 2 amide bonds. The number of alkyl halides is 1. The number of aliphatic hydroxyl groups is 1. The highest BCUT2D eigenvalue weighted by Crippen LogP contribution is 2.67. The van der Waals surface area contributed by atoms with Crippen LogP contribution < -0.4 is 4.90 Å². The Morgan fingerprint density at radius 1 is 1.38 bits per heavy atom. The van der Waals surface area contributed by atoms with Crippen molar-refractivity contribution < 1.29 is 24.6 Å². The number of aliphatic carboxylic acids is 1. The molecule has 1 aromatic carbocycles. The average molecular weight is 544 g/mol. The van der Waals surface area contributed by atoms with Crippen molar-refractivity contribution in [2.24, 2.45) is 11.8 Å². The summed E-state index contributed by atoms with van der Waals surface area (Å²) in [6.07, 6.45) is 2.45. The van der Waals surface area contributed by atoms with E-state index in [2.05, 4.69) is 22.5 Å². The Morgan fingerprint density at radius 2 is 2.06 bits per heavy atom. The highest BCUT2D eigenvalue weighted by atomic mass is 79.9. The van der Waals surface area contributed by atoms with Crippen LogP contribution in [-0.4, -0.2) is 73.5 Å². The third-order valence-electron chi connectivity index (χ3n) is 6.58. The molecule has 3 unspecified atom stereocenters. The second kappa shape index (κ2) is 9.00. The number of benzene rings is 1. The lowest BCUT2D eigenvalue weighted by Gasteiger charge is -2.37. The Labute approximate surface area is 203 Å². The quantitative estimate of drug-likeness (QED) is 0.387. The fraction of sp³-hybridized carbons (Fsp3) is 0.500. The Kier molecular flexibility index (Phi) is 6.64. The minimum absolute atomic E-state index is 0.103. The maximum atomic E-state index is 14.1. The van der Waals surface area contributed by atoms with Crippen LogP contribution in [0.25, 0.3) is 0 Å². The number of thioether (sulfide) groups is 1. The number of amides is 2. The summed E-state index contributed by atoms with van der Waals surface area (Å²) in [5.74, 6) is -3.23. The number of anilines is 1. The summed E-state index contributed by atoms with van der Waals surface area (Å²) >= 11 is 11.1. The van der Waals surface area contributed by atoms with Gasteiger partial charge < -0.3 is 20.0 Å². The molecule has 6 atom stereocenters. The minimum atomic E-state index is -1.01. The lowest BCUT2D eigenvalue weighted by molar-refractivity contribution is -0.148. The molecule has 172 valence electrons. The third kappa shape index (κ3) is 3.57. The van der Waals surface area contributed by atoms with Gasteiger partial charge in [-0.3, -0.25) is 14.4 Å². The standard InChI is InChI=1S/C22H24BrClN2O5S/c1-2-8-25(13-6-4-12(24)5-7-13)20(29)18-22-11-14(23)17(32-22)15(21(30)31)16(22)19(28)26(18)9-3-10-27/h2,4-7,14-18,27H,1,3,8-11H2,(H,30,31)/t14?,15-,16-,17-,18?,22?/m0/s1. The van der Waals surface area contributed by atoms with Crippen LogP contribution in [0.3, 0.4) is 0 Å². The molecule has 0 aliphatic carbocycles. The van der Waals surface area contributed by atoms with Crippen LogP contribution in [0.4, 0.5) is 5.69 Å².